The van der Waals surface area contributed by atoms with Crippen molar-refractivity contribution in [1.29, 1.82) is 0 Å². The van der Waals surface area contributed by atoms with Gasteiger partial charge in [0.1, 0.15) is 10.8 Å². The second kappa shape index (κ2) is 7.75. The number of aryl methyl sites for hydroxylation is 4. The largest absolute Gasteiger partial charge is 0.324 e. The van der Waals surface area contributed by atoms with Crippen LogP contribution in [0.4, 0.5) is 0 Å². The van der Waals surface area contributed by atoms with E-state index in [-0.39, 0.29) is 0 Å². The molecule has 0 saturated heterocycles. The van der Waals surface area contributed by atoms with Gasteiger partial charge in [-0.15, -0.1) is 0 Å². The molecule has 0 bridgehead atoms. The highest BCUT2D eigenvalue weighted by molar-refractivity contribution is 7.05. The predicted molar refractivity (Wildman–Crippen MR) is 129 cm³/mol. The van der Waals surface area contributed by atoms with Gasteiger partial charge >= 0.3 is 0 Å². The van der Waals surface area contributed by atoms with Crippen molar-refractivity contribution >= 4 is 22.6 Å². The van der Waals surface area contributed by atoms with E-state index in [1.807, 2.05) is 6.92 Å². The van der Waals surface area contributed by atoms with Crippen LogP contribution in [0.25, 0.3) is 44.9 Å². The molecule has 31 heavy (non-hydrogen) atoms. The highest BCUT2D eigenvalue weighted by Gasteiger charge is 2.17. The van der Waals surface area contributed by atoms with Gasteiger partial charge in [-0.05, 0) is 74.1 Å². The maximum atomic E-state index is 5.09. The third kappa shape index (κ3) is 3.45. The van der Waals surface area contributed by atoms with Crippen LogP contribution in [0.2, 0.25) is 0 Å². The van der Waals surface area contributed by atoms with Gasteiger partial charge in [0.05, 0.1) is 11.0 Å². The summed E-state index contributed by atoms with van der Waals surface area (Å²) >= 11 is 1.43. The summed E-state index contributed by atoms with van der Waals surface area (Å²) in [6.45, 7) is 9.31. The molecule has 0 aliphatic rings. The van der Waals surface area contributed by atoms with E-state index in [0.717, 1.165) is 45.4 Å². The van der Waals surface area contributed by atoms with Gasteiger partial charge in [0, 0.05) is 17.7 Å². The van der Waals surface area contributed by atoms with Crippen molar-refractivity contribution in [3.63, 3.8) is 0 Å². The highest BCUT2D eigenvalue weighted by atomic mass is 32.1. The summed E-state index contributed by atoms with van der Waals surface area (Å²) in [5.74, 6) is 1.76. The van der Waals surface area contributed by atoms with E-state index in [0.29, 0.717) is 0 Å². The Morgan fingerprint density at radius 3 is 2.35 bits per heavy atom. The summed E-state index contributed by atoms with van der Waals surface area (Å²) in [4.78, 5) is 9.63. The zero-order valence-corrected chi connectivity index (χ0v) is 19.0. The van der Waals surface area contributed by atoms with Crippen molar-refractivity contribution in [2.45, 2.75) is 34.2 Å². The van der Waals surface area contributed by atoms with E-state index >= 15 is 0 Å². The first-order chi connectivity index (χ1) is 15.0. The Kier molecular flexibility index (Phi) is 4.91. The van der Waals surface area contributed by atoms with Crippen molar-refractivity contribution in [1.82, 2.24) is 18.9 Å². The van der Waals surface area contributed by atoms with Gasteiger partial charge < -0.3 is 4.57 Å². The van der Waals surface area contributed by atoms with Crippen molar-refractivity contribution in [2.75, 3.05) is 0 Å². The van der Waals surface area contributed by atoms with Crippen molar-refractivity contribution in [3.8, 4) is 33.9 Å². The van der Waals surface area contributed by atoms with Gasteiger partial charge in [-0.25, -0.2) is 9.97 Å². The molecule has 3 aromatic carbocycles. The molecule has 0 aliphatic heterocycles. The van der Waals surface area contributed by atoms with E-state index in [4.69, 9.17) is 4.98 Å². The zero-order valence-electron chi connectivity index (χ0n) is 18.2. The molecule has 5 aromatic rings. The zero-order chi connectivity index (χ0) is 21.5. The SMILES string of the molecule is CCn1c(-c2ccccc2-c2ccc(C)cc2C)nc2cc(-c3nsc(C)n3)ccc21. The molecule has 2 aromatic heterocycles. The first kappa shape index (κ1) is 19.6. The highest BCUT2D eigenvalue weighted by Crippen LogP contribution is 2.36. The molecule has 5 heteroatoms. The quantitative estimate of drug-likeness (QED) is 0.317. The smallest absolute Gasteiger partial charge is 0.173 e. The molecule has 0 radical (unpaired) electrons. The molecule has 0 N–H and O–H groups in total. The standard InChI is InChI=1S/C26H24N4S/c1-5-30-24-13-11-19(25-27-18(4)31-29-25)15-23(24)28-26(30)22-9-7-6-8-21(22)20-12-10-16(2)14-17(20)3/h6-15H,5H2,1-4H3. The average molecular weight is 425 g/mol. The summed E-state index contributed by atoms with van der Waals surface area (Å²) in [5.41, 5.74) is 9.27. The molecule has 0 atom stereocenters. The van der Waals surface area contributed by atoms with Crippen LogP contribution in [0.5, 0.6) is 0 Å². The molecule has 0 amide bonds. The molecule has 4 nitrogen and oxygen atoms in total. The van der Waals surface area contributed by atoms with Gasteiger partial charge in [-0.3, -0.25) is 0 Å². The van der Waals surface area contributed by atoms with Crippen LogP contribution in [-0.2, 0) is 6.54 Å². The lowest BCUT2D eigenvalue weighted by molar-refractivity contribution is 0.796. The number of fused-ring (bicyclic) bond motifs is 1. The Labute approximate surface area is 186 Å². The molecular formula is C26H24N4S. The lowest BCUT2D eigenvalue weighted by atomic mass is 9.94. The second-order valence-electron chi connectivity index (χ2n) is 7.88. The summed E-state index contributed by atoms with van der Waals surface area (Å²) < 4.78 is 6.76. The number of benzene rings is 3. The number of aromatic nitrogens is 4. The van der Waals surface area contributed by atoms with Gasteiger partial charge in [0.25, 0.3) is 0 Å². The summed E-state index contributed by atoms with van der Waals surface area (Å²) in [6.07, 6.45) is 0. The fourth-order valence-electron chi connectivity index (χ4n) is 4.24. The number of nitrogens with zero attached hydrogens (tertiary/aromatic N) is 4. The molecule has 0 saturated carbocycles. The van der Waals surface area contributed by atoms with Crippen LogP contribution in [0.1, 0.15) is 23.1 Å². The molecule has 154 valence electrons. The minimum absolute atomic E-state index is 0.771. The maximum Gasteiger partial charge on any atom is 0.173 e. The van der Waals surface area contributed by atoms with E-state index in [1.165, 1.54) is 33.8 Å². The van der Waals surface area contributed by atoms with Crippen LogP contribution in [0, 0.1) is 20.8 Å². The molecule has 0 fully saturated rings. The number of hydrogen-bond donors (Lipinski definition) is 0. The molecule has 0 aliphatic carbocycles. The summed E-state index contributed by atoms with van der Waals surface area (Å²) in [7, 11) is 0. The van der Waals surface area contributed by atoms with Crippen molar-refractivity contribution in [2.24, 2.45) is 0 Å². The Morgan fingerprint density at radius 2 is 1.65 bits per heavy atom. The Morgan fingerprint density at radius 1 is 0.839 bits per heavy atom. The van der Waals surface area contributed by atoms with Crippen molar-refractivity contribution in [3.05, 3.63) is 76.8 Å². The lowest BCUT2D eigenvalue weighted by Gasteiger charge is -2.14. The third-order valence-corrected chi connectivity index (χ3v) is 6.31. The first-order valence-electron chi connectivity index (χ1n) is 10.5. The van der Waals surface area contributed by atoms with E-state index in [1.54, 1.807) is 0 Å². The second-order valence-corrected chi connectivity index (χ2v) is 8.84. The fourth-order valence-corrected chi connectivity index (χ4v) is 4.73. The van der Waals surface area contributed by atoms with E-state index < -0.39 is 0 Å². The third-order valence-electron chi connectivity index (χ3n) is 5.69. The summed E-state index contributed by atoms with van der Waals surface area (Å²) in [6, 6.07) is 21.5. The van der Waals surface area contributed by atoms with Gasteiger partial charge in [-0.2, -0.15) is 4.37 Å². The normalized spacial score (nSPS) is 11.4. The maximum absolute atomic E-state index is 5.09. The topological polar surface area (TPSA) is 43.6 Å². The van der Waals surface area contributed by atoms with Crippen LogP contribution in [0.15, 0.2) is 60.7 Å². The fraction of sp³-hybridized carbons (Fsp3) is 0.192. The Balaban J connectivity index is 1.70. The van der Waals surface area contributed by atoms with Gasteiger partial charge in [-0.1, -0.05) is 48.0 Å². The van der Waals surface area contributed by atoms with Crippen LogP contribution < -0.4 is 0 Å². The molecular weight excluding hydrogens is 400 g/mol. The molecule has 5 rings (SSSR count). The minimum Gasteiger partial charge on any atom is -0.324 e. The number of rotatable bonds is 4. The van der Waals surface area contributed by atoms with E-state index in [2.05, 4.69) is 95.4 Å². The van der Waals surface area contributed by atoms with E-state index in [9.17, 15) is 0 Å². The van der Waals surface area contributed by atoms with Gasteiger partial charge in [0.15, 0.2) is 5.82 Å². The summed E-state index contributed by atoms with van der Waals surface area (Å²) in [5, 5.41) is 0.970. The van der Waals surface area contributed by atoms with Crippen LogP contribution in [-0.4, -0.2) is 18.9 Å². The molecule has 0 unspecified atom stereocenters. The number of hydrogen-bond acceptors (Lipinski definition) is 4. The molecule has 0 spiro atoms. The monoisotopic (exact) mass is 424 g/mol. The first-order valence-corrected chi connectivity index (χ1v) is 11.3. The van der Waals surface area contributed by atoms with Crippen molar-refractivity contribution < 1.29 is 0 Å². The predicted octanol–water partition coefficient (Wildman–Crippen LogP) is 6.83. The Bertz CT molecular complexity index is 1410. The van der Waals surface area contributed by atoms with Crippen LogP contribution in [0.3, 0.4) is 0 Å². The minimum atomic E-state index is 0.771. The van der Waals surface area contributed by atoms with Crippen LogP contribution >= 0.6 is 11.5 Å². The van der Waals surface area contributed by atoms with Gasteiger partial charge in [0.2, 0.25) is 0 Å². The Hall–Kier alpha value is -3.31. The number of imidazole rings is 1. The average Bonchev–Trinajstić information content (AvgIpc) is 3.36. The lowest BCUT2D eigenvalue weighted by Crippen LogP contribution is -1.99. The molecule has 2 heterocycles.